The van der Waals surface area contributed by atoms with Gasteiger partial charge in [-0.25, -0.2) is 0 Å². The third-order valence-corrected chi connectivity index (χ3v) is 2.52. The topological polar surface area (TPSA) is 74.2 Å². The van der Waals surface area contributed by atoms with Gasteiger partial charge >= 0.3 is 0 Å². The number of rotatable bonds is 5. The quantitative estimate of drug-likeness (QED) is 0.901. The van der Waals surface area contributed by atoms with Gasteiger partial charge in [-0.05, 0) is 24.6 Å². The number of halogens is 1. The molecule has 0 spiro atoms. The van der Waals surface area contributed by atoms with Crippen molar-refractivity contribution in [1.29, 1.82) is 0 Å². The number of aromatic nitrogens is 2. The largest absolute Gasteiger partial charge is 0.493 e. The second-order valence-electron chi connectivity index (χ2n) is 3.70. The van der Waals surface area contributed by atoms with Crippen LogP contribution in [0, 0.1) is 0 Å². The minimum absolute atomic E-state index is 0.207. The number of benzene rings is 1. The number of nitrogens with zero attached hydrogens (tertiary/aromatic N) is 2. The fraction of sp³-hybridized carbons (Fsp3) is 0.333. The Morgan fingerprint density at radius 1 is 1.44 bits per heavy atom. The number of hydrogen-bond donors (Lipinski definition) is 1. The molecule has 1 aromatic carbocycles. The predicted molar refractivity (Wildman–Crippen MR) is 68.4 cm³/mol. The molecule has 0 amide bonds. The molecule has 1 heterocycles. The highest BCUT2D eigenvalue weighted by Crippen LogP contribution is 2.30. The fourth-order valence-corrected chi connectivity index (χ4v) is 1.63. The summed E-state index contributed by atoms with van der Waals surface area (Å²) in [4.78, 5) is 4.17. The maximum absolute atomic E-state index is 5.98. The lowest BCUT2D eigenvalue weighted by Crippen LogP contribution is -1.98. The summed E-state index contributed by atoms with van der Waals surface area (Å²) < 4.78 is 10.6. The zero-order chi connectivity index (χ0) is 13.0. The first-order chi connectivity index (χ1) is 8.74. The summed E-state index contributed by atoms with van der Waals surface area (Å²) in [7, 11) is 0. The first-order valence-corrected chi connectivity index (χ1v) is 6.07. The van der Waals surface area contributed by atoms with Crippen LogP contribution in [0.1, 0.15) is 19.2 Å². The van der Waals surface area contributed by atoms with Crippen molar-refractivity contribution in [2.45, 2.75) is 19.9 Å². The Kier molecular flexibility index (Phi) is 4.17. The van der Waals surface area contributed by atoms with Crippen molar-refractivity contribution in [3.8, 4) is 17.1 Å². The van der Waals surface area contributed by atoms with Crippen LogP contribution < -0.4 is 10.5 Å². The lowest BCUT2D eigenvalue weighted by Gasteiger charge is -2.08. The minimum atomic E-state index is 0.207. The molecule has 0 fully saturated rings. The zero-order valence-electron chi connectivity index (χ0n) is 10.0. The third kappa shape index (κ3) is 2.80. The molecule has 0 aliphatic heterocycles. The summed E-state index contributed by atoms with van der Waals surface area (Å²) in [5.41, 5.74) is 6.14. The van der Waals surface area contributed by atoms with E-state index in [2.05, 4.69) is 10.1 Å². The van der Waals surface area contributed by atoms with Crippen molar-refractivity contribution in [3.05, 3.63) is 29.1 Å². The van der Waals surface area contributed by atoms with Crippen molar-refractivity contribution in [2.24, 2.45) is 5.73 Å². The van der Waals surface area contributed by atoms with Gasteiger partial charge in [0.1, 0.15) is 5.75 Å². The van der Waals surface area contributed by atoms with E-state index >= 15 is 0 Å². The molecule has 18 heavy (non-hydrogen) atoms. The molecule has 0 radical (unpaired) electrons. The Morgan fingerprint density at radius 2 is 2.28 bits per heavy atom. The standard InChI is InChI=1S/C12H14ClN3O2/c1-2-5-17-10-4-3-8(13)6-9(10)12-15-11(7-14)18-16-12/h3-4,6H,2,5,7,14H2,1H3. The van der Waals surface area contributed by atoms with Gasteiger partial charge in [-0.3, -0.25) is 0 Å². The van der Waals surface area contributed by atoms with Gasteiger partial charge in [-0.15, -0.1) is 0 Å². The van der Waals surface area contributed by atoms with Gasteiger partial charge in [0.25, 0.3) is 0 Å². The maximum atomic E-state index is 5.98. The SMILES string of the molecule is CCCOc1ccc(Cl)cc1-c1noc(CN)n1. The summed E-state index contributed by atoms with van der Waals surface area (Å²) in [6.07, 6.45) is 0.919. The molecule has 0 atom stereocenters. The molecule has 2 rings (SSSR count). The molecule has 0 aliphatic carbocycles. The van der Waals surface area contributed by atoms with E-state index < -0.39 is 0 Å². The number of nitrogens with two attached hydrogens (primary N) is 1. The molecule has 2 aromatic rings. The van der Waals surface area contributed by atoms with Gasteiger partial charge in [0, 0.05) is 5.02 Å². The van der Waals surface area contributed by atoms with E-state index in [9.17, 15) is 0 Å². The molecule has 0 bridgehead atoms. The van der Waals surface area contributed by atoms with E-state index in [4.69, 9.17) is 26.6 Å². The van der Waals surface area contributed by atoms with E-state index in [1.54, 1.807) is 18.2 Å². The van der Waals surface area contributed by atoms with Crippen LogP contribution in [0.4, 0.5) is 0 Å². The van der Waals surface area contributed by atoms with Crippen molar-refractivity contribution in [2.75, 3.05) is 6.61 Å². The molecule has 0 saturated heterocycles. The molecule has 6 heteroatoms. The predicted octanol–water partition coefficient (Wildman–Crippen LogP) is 2.64. The summed E-state index contributed by atoms with van der Waals surface area (Å²) in [6, 6.07) is 5.31. The minimum Gasteiger partial charge on any atom is -0.493 e. The van der Waals surface area contributed by atoms with Crippen molar-refractivity contribution >= 4 is 11.6 Å². The first kappa shape index (κ1) is 12.9. The van der Waals surface area contributed by atoms with E-state index in [-0.39, 0.29) is 6.54 Å². The first-order valence-electron chi connectivity index (χ1n) is 5.70. The summed E-state index contributed by atoms with van der Waals surface area (Å²) >= 11 is 5.98. The highest BCUT2D eigenvalue weighted by atomic mass is 35.5. The average Bonchev–Trinajstić information content (AvgIpc) is 2.86. The molecule has 96 valence electrons. The molecule has 0 unspecified atom stereocenters. The van der Waals surface area contributed by atoms with E-state index in [1.165, 1.54) is 0 Å². The number of ether oxygens (including phenoxy) is 1. The highest BCUT2D eigenvalue weighted by molar-refractivity contribution is 6.30. The van der Waals surface area contributed by atoms with Crippen molar-refractivity contribution < 1.29 is 9.26 Å². The zero-order valence-corrected chi connectivity index (χ0v) is 10.8. The Balaban J connectivity index is 2.37. The van der Waals surface area contributed by atoms with Crippen LogP contribution >= 0.6 is 11.6 Å². The van der Waals surface area contributed by atoms with Crippen molar-refractivity contribution in [3.63, 3.8) is 0 Å². The van der Waals surface area contributed by atoms with Gasteiger partial charge in [0.2, 0.25) is 11.7 Å². The lowest BCUT2D eigenvalue weighted by atomic mass is 10.2. The smallest absolute Gasteiger partial charge is 0.240 e. The molecule has 0 aliphatic rings. The van der Waals surface area contributed by atoms with Crippen LogP contribution in [0.2, 0.25) is 5.02 Å². The Hall–Kier alpha value is -1.59. The summed E-state index contributed by atoms with van der Waals surface area (Å²) in [5, 5.41) is 4.45. The van der Waals surface area contributed by atoms with E-state index in [1.807, 2.05) is 6.92 Å². The molecular formula is C12H14ClN3O2. The molecular weight excluding hydrogens is 254 g/mol. The molecule has 0 saturated carbocycles. The summed E-state index contributed by atoms with van der Waals surface area (Å²) in [6.45, 7) is 2.87. The normalized spacial score (nSPS) is 10.6. The maximum Gasteiger partial charge on any atom is 0.240 e. The van der Waals surface area contributed by atoms with E-state index in [0.717, 1.165) is 6.42 Å². The Labute approximate surface area is 110 Å². The fourth-order valence-electron chi connectivity index (χ4n) is 1.46. The van der Waals surface area contributed by atoms with Gasteiger partial charge < -0.3 is 15.0 Å². The second-order valence-corrected chi connectivity index (χ2v) is 4.14. The monoisotopic (exact) mass is 267 g/mol. The van der Waals surface area contributed by atoms with Crippen molar-refractivity contribution in [1.82, 2.24) is 10.1 Å². The number of hydrogen-bond acceptors (Lipinski definition) is 5. The van der Waals surface area contributed by atoms with Crippen LogP contribution in [-0.2, 0) is 6.54 Å². The van der Waals surface area contributed by atoms with Gasteiger partial charge in [-0.1, -0.05) is 23.7 Å². The highest BCUT2D eigenvalue weighted by Gasteiger charge is 2.13. The van der Waals surface area contributed by atoms with E-state index in [0.29, 0.717) is 34.7 Å². The van der Waals surface area contributed by atoms with Crippen LogP contribution in [0.15, 0.2) is 22.7 Å². The molecule has 2 N–H and O–H groups in total. The van der Waals surface area contributed by atoms with Crippen LogP contribution in [0.5, 0.6) is 5.75 Å². The molecule has 1 aromatic heterocycles. The van der Waals surface area contributed by atoms with Crippen LogP contribution in [0.25, 0.3) is 11.4 Å². The molecule has 5 nitrogen and oxygen atoms in total. The Morgan fingerprint density at radius 3 is 2.94 bits per heavy atom. The van der Waals surface area contributed by atoms with Crippen LogP contribution in [0.3, 0.4) is 0 Å². The van der Waals surface area contributed by atoms with Gasteiger partial charge in [-0.2, -0.15) is 4.98 Å². The lowest BCUT2D eigenvalue weighted by molar-refractivity contribution is 0.318. The van der Waals surface area contributed by atoms with Crippen LogP contribution in [-0.4, -0.2) is 16.7 Å². The van der Waals surface area contributed by atoms with Gasteiger partial charge in [0.05, 0.1) is 18.7 Å². The second kappa shape index (κ2) is 5.84. The Bertz CT molecular complexity index is 528. The average molecular weight is 268 g/mol. The third-order valence-electron chi connectivity index (χ3n) is 2.29. The summed E-state index contributed by atoms with van der Waals surface area (Å²) in [5.74, 6) is 1.50. The van der Waals surface area contributed by atoms with Gasteiger partial charge in [0.15, 0.2) is 0 Å².